The van der Waals surface area contributed by atoms with Crippen LogP contribution in [0.25, 0.3) is 0 Å². The first-order valence-electron chi connectivity index (χ1n) is 4.11. The Balaban J connectivity index is 3.17. The SMILES string of the molecule is COC(CBr)(OC)c1ccccc1Cl. The Labute approximate surface area is 97.3 Å². The van der Waals surface area contributed by atoms with Gasteiger partial charge in [-0.05, 0) is 6.07 Å². The third-order valence-electron chi connectivity index (χ3n) is 2.12. The zero-order valence-corrected chi connectivity index (χ0v) is 10.4. The zero-order chi connectivity index (χ0) is 10.6. The molecule has 1 rings (SSSR count). The predicted molar refractivity (Wildman–Crippen MR) is 60.9 cm³/mol. The summed E-state index contributed by atoms with van der Waals surface area (Å²) in [6.45, 7) is 0. The molecule has 78 valence electrons. The first-order chi connectivity index (χ1) is 6.70. The molecule has 0 unspecified atom stereocenters. The van der Waals surface area contributed by atoms with E-state index in [-0.39, 0.29) is 0 Å². The number of rotatable bonds is 4. The third kappa shape index (κ3) is 2.11. The van der Waals surface area contributed by atoms with Gasteiger partial charge in [-0.1, -0.05) is 45.7 Å². The highest BCUT2D eigenvalue weighted by Gasteiger charge is 2.32. The molecule has 0 aromatic heterocycles. The van der Waals surface area contributed by atoms with E-state index in [1.165, 1.54) is 0 Å². The predicted octanol–water partition coefficient (Wildman–Crippen LogP) is 3.18. The average molecular weight is 280 g/mol. The van der Waals surface area contributed by atoms with Gasteiger partial charge in [0.05, 0.1) is 5.33 Å². The summed E-state index contributed by atoms with van der Waals surface area (Å²) in [5.41, 5.74) is 0.823. The van der Waals surface area contributed by atoms with Gasteiger partial charge in [-0.15, -0.1) is 0 Å². The van der Waals surface area contributed by atoms with E-state index < -0.39 is 5.79 Å². The number of halogens is 2. The van der Waals surface area contributed by atoms with Crippen molar-refractivity contribution in [2.45, 2.75) is 5.79 Å². The van der Waals surface area contributed by atoms with E-state index in [1.54, 1.807) is 14.2 Å². The van der Waals surface area contributed by atoms with Crippen molar-refractivity contribution in [3.05, 3.63) is 34.9 Å². The summed E-state index contributed by atoms with van der Waals surface area (Å²) < 4.78 is 10.7. The van der Waals surface area contributed by atoms with Crippen LogP contribution >= 0.6 is 27.5 Å². The van der Waals surface area contributed by atoms with E-state index in [2.05, 4.69) is 15.9 Å². The Morgan fingerprint density at radius 1 is 1.29 bits per heavy atom. The number of benzene rings is 1. The van der Waals surface area contributed by atoms with Crippen molar-refractivity contribution in [3.8, 4) is 0 Å². The molecule has 1 aromatic carbocycles. The summed E-state index contributed by atoms with van der Waals surface area (Å²) in [4.78, 5) is 0. The fourth-order valence-corrected chi connectivity index (χ4v) is 2.29. The van der Waals surface area contributed by atoms with E-state index in [0.29, 0.717) is 10.4 Å². The molecule has 2 nitrogen and oxygen atoms in total. The van der Waals surface area contributed by atoms with Gasteiger partial charge in [0.25, 0.3) is 0 Å². The Morgan fingerprint density at radius 2 is 1.86 bits per heavy atom. The van der Waals surface area contributed by atoms with Crippen LogP contribution in [0, 0.1) is 0 Å². The molecule has 0 radical (unpaired) electrons. The van der Waals surface area contributed by atoms with Crippen LogP contribution in [0.1, 0.15) is 5.56 Å². The van der Waals surface area contributed by atoms with Crippen LogP contribution in [0.2, 0.25) is 5.02 Å². The molecular formula is C10H12BrClO2. The van der Waals surface area contributed by atoms with Gasteiger partial charge in [-0.2, -0.15) is 0 Å². The van der Waals surface area contributed by atoms with Crippen molar-refractivity contribution in [3.63, 3.8) is 0 Å². The molecule has 0 amide bonds. The van der Waals surface area contributed by atoms with E-state index in [1.807, 2.05) is 24.3 Å². The van der Waals surface area contributed by atoms with E-state index in [9.17, 15) is 0 Å². The van der Waals surface area contributed by atoms with Crippen LogP contribution in [-0.2, 0) is 15.3 Å². The molecule has 0 saturated carbocycles. The monoisotopic (exact) mass is 278 g/mol. The Kier molecular flexibility index (Phi) is 4.38. The number of methoxy groups -OCH3 is 2. The van der Waals surface area contributed by atoms with Gasteiger partial charge >= 0.3 is 0 Å². The fraction of sp³-hybridized carbons (Fsp3) is 0.400. The van der Waals surface area contributed by atoms with Crippen LogP contribution in [-0.4, -0.2) is 19.5 Å². The Bertz CT molecular complexity index is 292. The summed E-state index contributed by atoms with van der Waals surface area (Å²) in [5, 5.41) is 1.16. The van der Waals surface area contributed by atoms with Gasteiger partial charge < -0.3 is 9.47 Å². The van der Waals surface area contributed by atoms with Crippen molar-refractivity contribution >= 4 is 27.5 Å². The molecule has 0 bridgehead atoms. The van der Waals surface area contributed by atoms with Crippen LogP contribution in [0.5, 0.6) is 0 Å². The topological polar surface area (TPSA) is 18.5 Å². The largest absolute Gasteiger partial charge is 0.349 e. The molecule has 4 heteroatoms. The number of hydrogen-bond acceptors (Lipinski definition) is 2. The molecule has 1 aromatic rings. The van der Waals surface area contributed by atoms with Gasteiger partial charge in [-0.25, -0.2) is 0 Å². The summed E-state index contributed by atoms with van der Waals surface area (Å²) >= 11 is 9.42. The highest BCUT2D eigenvalue weighted by Crippen LogP contribution is 2.33. The van der Waals surface area contributed by atoms with Crippen LogP contribution in [0.3, 0.4) is 0 Å². The summed E-state index contributed by atoms with van der Waals surface area (Å²) in [7, 11) is 3.18. The van der Waals surface area contributed by atoms with Crippen molar-refractivity contribution in [2.75, 3.05) is 19.5 Å². The van der Waals surface area contributed by atoms with Crippen LogP contribution in [0.15, 0.2) is 24.3 Å². The summed E-state index contributed by atoms with van der Waals surface area (Å²) in [5.74, 6) is -0.807. The van der Waals surface area contributed by atoms with E-state index in [4.69, 9.17) is 21.1 Å². The van der Waals surface area contributed by atoms with Crippen molar-refractivity contribution in [1.82, 2.24) is 0 Å². The van der Waals surface area contributed by atoms with E-state index in [0.717, 1.165) is 5.56 Å². The standard InChI is InChI=1S/C10H12BrClO2/c1-13-10(7-11,14-2)8-5-3-4-6-9(8)12/h3-6H,7H2,1-2H3. The number of alkyl halides is 1. The minimum atomic E-state index is -0.807. The molecule has 0 fully saturated rings. The van der Waals surface area contributed by atoms with Crippen molar-refractivity contribution in [2.24, 2.45) is 0 Å². The van der Waals surface area contributed by atoms with Crippen LogP contribution in [0.4, 0.5) is 0 Å². The number of hydrogen-bond donors (Lipinski definition) is 0. The Hall–Kier alpha value is -0.0900. The van der Waals surface area contributed by atoms with Crippen molar-refractivity contribution < 1.29 is 9.47 Å². The highest BCUT2D eigenvalue weighted by molar-refractivity contribution is 9.09. The molecule has 0 N–H and O–H groups in total. The first-order valence-corrected chi connectivity index (χ1v) is 5.61. The molecular weight excluding hydrogens is 267 g/mol. The van der Waals surface area contributed by atoms with Crippen LogP contribution < -0.4 is 0 Å². The van der Waals surface area contributed by atoms with Gasteiger partial charge in [0.2, 0.25) is 5.79 Å². The molecule has 0 aliphatic rings. The molecule has 0 saturated heterocycles. The lowest BCUT2D eigenvalue weighted by molar-refractivity contribution is -0.196. The maximum Gasteiger partial charge on any atom is 0.205 e. The fourth-order valence-electron chi connectivity index (χ4n) is 1.25. The molecule has 0 spiro atoms. The molecule has 0 atom stereocenters. The molecule has 14 heavy (non-hydrogen) atoms. The average Bonchev–Trinajstić information content (AvgIpc) is 2.24. The van der Waals surface area contributed by atoms with Gasteiger partial charge in [0.1, 0.15) is 0 Å². The summed E-state index contributed by atoms with van der Waals surface area (Å²) in [6, 6.07) is 7.47. The van der Waals surface area contributed by atoms with Gasteiger partial charge in [0, 0.05) is 24.8 Å². The smallest absolute Gasteiger partial charge is 0.205 e. The lowest BCUT2D eigenvalue weighted by atomic mass is 10.1. The second-order valence-electron chi connectivity index (χ2n) is 2.77. The van der Waals surface area contributed by atoms with Gasteiger partial charge in [0.15, 0.2) is 0 Å². The third-order valence-corrected chi connectivity index (χ3v) is 3.19. The lowest BCUT2D eigenvalue weighted by Gasteiger charge is -2.29. The zero-order valence-electron chi connectivity index (χ0n) is 8.09. The Morgan fingerprint density at radius 3 is 2.29 bits per heavy atom. The minimum absolute atomic E-state index is 0.525. The van der Waals surface area contributed by atoms with E-state index >= 15 is 0 Å². The summed E-state index contributed by atoms with van der Waals surface area (Å²) in [6.07, 6.45) is 0. The molecule has 0 aliphatic heterocycles. The van der Waals surface area contributed by atoms with Crippen molar-refractivity contribution in [1.29, 1.82) is 0 Å². The maximum atomic E-state index is 6.06. The minimum Gasteiger partial charge on any atom is -0.349 e. The maximum absolute atomic E-state index is 6.06. The highest BCUT2D eigenvalue weighted by atomic mass is 79.9. The second kappa shape index (κ2) is 5.12. The lowest BCUT2D eigenvalue weighted by Crippen LogP contribution is -2.32. The second-order valence-corrected chi connectivity index (χ2v) is 3.74. The normalized spacial score (nSPS) is 11.7. The molecule has 0 heterocycles. The quantitative estimate of drug-likeness (QED) is 0.622. The first kappa shape index (κ1) is 12.0. The molecule has 0 aliphatic carbocycles. The van der Waals surface area contributed by atoms with Gasteiger partial charge in [-0.3, -0.25) is 0 Å². The number of ether oxygens (including phenoxy) is 2.